The Bertz CT molecular complexity index is 1600. The molecular weight excluding hydrogens is 490 g/mol. The van der Waals surface area contributed by atoms with E-state index in [2.05, 4.69) is 29.3 Å². The number of benzene rings is 3. The molecule has 0 N–H and O–H groups in total. The van der Waals surface area contributed by atoms with Crippen LogP contribution in [0, 0.1) is 5.92 Å². The molecule has 0 saturated carbocycles. The molecule has 1 aliphatic rings. The van der Waals surface area contributed by atoms with E-state index in [1.807, 2.05) is 54.7 Å². The van der Waals surface area contributed by atoms with Crippen LogP contribution in [0.25, 0.3) is 27.7 Å². The molecular formula is C32H31N3O4. The van der Waals surface area contributed by atoms with Gasteiger partial charge in [-0.25, -0.2) is 9.48 Å². The molecule has 2 atom stereocenters. The minimum Gasteiger partial charge on any atom is -0.465 e. The summed E-state index contributed by atoms with van der Waals surface area (Å²) in [5.41, 5.74) is 4.58. The fraction of sp³-hybridized carbons (Fsp3) is 0.250. The molecule has 7 heteroatoms. The van der Waals surface area contributed by atoms with E-state index >= 15 is 0 Å². The summed E-state index contributed by atoms with van der Waals surface area (Å²) in [4.78, 5) is 31.4. The fourth-order valence-electron chi connectivity index (χ4n) is 5.27. The normalized spacial score (nSPS) is 17.2. The van der Waals surface area contributed by atoms with Gasteiger partial charge >= 0.3 is 11.9 Å². The molecule has 2 unspecified atom stereocenters. The minimum atomic E-state index is -0.805. The van der Waals surface area contributed by atoms with E-state index in [1.54, 1.807) is 32.4 Å². The SMILES string of the molecule is CCOC(=O)C1=C(C)N=C(C)C(C(=O)OCC)C1c1cn(-c2ccccc2)nc1-c1ccc2ccccc2c1. The van der Waals surface area contributed by atoms with Crippen LogP contribution in [-0.2, 0) is 19.1 Å². The average Bonchev–Trinajstić information content (AvgIpc) is 3.38. The van der Waals surface area contributed by atoms with Gasteiger partial charge in [0.2, 0.25) is 0 Å². The van der Waals surface area contributed by atoms with Crippen molar-refractivity contribution in [3.63, 3.8) is 0 Å². The molecule has 7 nitrogen and oxygen atoms in total. The molecule has 0 fully saturated rings. The van der Waals surface area contributed by atoms with Crippen molar-refractivity contribution in [2.45, 2.75) is 33.6 Å². The summed E-state index contributed by atoms with van der Waals surface area (Å²) >= 11 is 0. The van der Waals surface area contributed by atoms with E-state index in [4.69, 9.17) is 14.6 Å². The summed E-state index contributed by atoms with van der Waals surface area (Å²) in [5.74, 6) is -2.43. The lowest BCUT2D eigenvalue weighted by Gasteiger charge is -2.31. The fourth-order valence-corrected chi connectivity index (χ4v) is 5.27. The number of allylic oxidation sites excluding steroid dienone is 1. The van der Waals surface area contributed by atoms with E-state index in [0.29, 0.717) is 22.7 Å². The first-order valence-electron chi connectivity index (χ1n) is 13.2. The third-order valence-corrected chi connectivity index (χ3v) is 6.99. The first-order chi connectivity index (χ1) is 18.9. The number of aliphatic imine (C=N–C) groups is 1. The highest BCUT2D eigenvalue weighted by Gasteiger charge is 2.44. The van der Waals surface area contributed by atoms with Gasteiger partial charge in [0.1, 0.15) is 5.92 Å². The van der Waals surface area contributed by atoms with Gasteiger partial charge in [-0.05, 0) is 56.7 Å². The van der Waals surface area contributed by atoms with Crippen LogP contribution in [0.3, 0.4) is 0 Å². The third-order valence-electron chi connectivity index (χ3n) is 6.99. The van der Waals surface area contributed by atoms with Gasteiger partial charge in [-0.1, -0.05) is 54.6 Å². The van der Waals surface area contributed by atoms with E-state index in [0.717, 1.165) is 27.6 Å². The Balaban J connectivity index is 1.78. The molecule has 2 heterocycles. The molecule has 0 saturated heterocycles. The lowest BCUT2D eigenvalue weighted by atomic mass is 9.75. The number of aromatic nitrogens is 2. The molecule has 39 heavy (non-hydrogen) atoms. The molecule has 3 aromatic carbocycles. The maximum Gasteiger partial charge on any atom is 0.336 e. The van der Waals surface area contributed by atoms with E-state index in [9.17, 15) is 9.59 Å². The number of fused-ring (bicyclic) bond motifs is 1. The summed E-state index contributed by atoms with van der Waals surface area (Å²) in [7, 11) is 0. The van der Waals surface area contributed by atoms with Crippen molar-refractivity contribution in [2.24, 2.45) is 10.9 Å². The van der Waals surface area contributed by atoms with Gasteiger partial charge in [-0.3, -0.25) is 9.79 Å². The number of rotatable bonds is 7. The van der Waals surface area contributed by atoms with E-state index in [-0.39, 0.29) is 13.2 Å². The highest BCUT2D eigenvalue weighted by Crippen LogP contribution is 2.44. The van der Waals surface area contributed by atoms with Crippen LogP contribution in [0.2, 0.25) is 0 Å². The maximum atomic E-state index is 13.4. The van der Waals surface area contributed by atoms with Gasteiger partial charge in [0.15, 0.2) is 0 Å². The smallest absolute Gasteiger partial charge is 0.336 e. The van der Waals surface area contributed by atoms with Crippen LogP contribution in [0.1, 0.15) is 39.2 Å². The molecule has 1 aliphatic heterocycles. The molecule has 1 aromatic heterocycles. The zero-order valence-electron chi connectivity index (χ0n) is 22.5. The van der Waals surface area contributed by atoms with Gasteiger partial charge < -0.3 is 9.47 Å². The van der Waals surface area contributed by atoms with E-state index in [1.165, 1.54) is 0 Å². The topological polar surface area (TPSA) is 82.8 Å². The van der Waals surface area contributed by atoms with E-state index < -0.39 is 23.8 Å². The van der Waals surface area contributed by atoms with Crippen LogP contribution >= 0.6 is 0 Å². The molecule has 5 rings (SSSR count). The Morgan fingerprint density at radius 2 is 1.56 bits per heavy atom. The Morgan fingerprint density at radius 3 is 2.28 bits per heavy atom. The second-order valence-electron chi connectivity index (χ2n) is 9.46. The standard InChI is InChI=1S/C32H31N3O4/c1-5-38-31(36)27-20(3)33-21(4)28(32(37)39-6-2)29(27)26-19-35(25-14-8-7-9-15-25)34-30(26)24-17-16-22-12-10-11-13-23(22)18-24/h7-19,27,29H,5-6H2,1-4H3. The number of hydrogen-bond donors (Lipinski definition) is 0. The van der Waals surface area contributed by atoms with Gasteiger partial charge in [-0.2, -0.15) is 5.10 Å². The van der Waals surface area contributed by atoms with Crippen LogP contribution in [0.5, 0.6) is 0 Å². The zero-order valence-corrected chi connectivity index (χ0v) is 22.5. The summed E-state index contributed by atoms with van der Waals surface area (Å²) in [6.45, 7) is 7.53. The van der Waals surface area contributed by atoms with Gasteiger partial charge in [0.25, 0.3) is 0 Å². The summed E-state index contributed by atoms with van der Waals surface area (Å²) in [5, 5.41) is 7.19. The molecule has 4 aromatic rings. The second-order valence-corrected chi connectivity index (χ2v) is 9.46. The third kappa shape index (κ3) is 5.00. The first kappa shape index (κ1) is 26.1. The lowest BCUT2D eigenvalue weighted by Crippen LogP contribution is -2.36. The highest BCUT2D eigenvalue weighted by atomic mass is 16.5. The summed E-state index contributed by atoms with van der Waals surface area (Å²) in [6.07, 6.45) is 1.90. The number of esters is 2. The number of hydrogen-bond acceptors (Lipinski definition) is 6. The zero-order chi connectivity index (χ0) is 27.5. The number of carbonyl (C=O) groups excluding carboxylic acids is 2. The summed E-state index contributed by atoms with van der Waals surface area (Å²) < 4.78 is 12.8. The van der Waals surface area contributed by atoms with Gasteiger partial charge in [-0.15, -0.1) is 0 Å². The second kappa shape index (κ2) is 11.1. The number of carbonyl (C=O) groups is 2. The highest BCUT2D eigenvalue weighted by molar-refractivity contribution is 6.07. The number of ether oxygens (including phenoxy) is 2. The van der Waals surface area contributed by atoms with Crippen molar-refractivity contribution in [1.29, 1.82) is 0 Å². The lowest BCUT2D eigenvalue weighted by molar-refractivity contribution is -0.146. The molecule has 0 amide bonds. The quantitative estimate of drug-likeness (QED) is 0.268. The Kier molecular flexibility index (Phi) is 7.41. The Morgan fingerprint density at radius 1 is 0.872 bits per heavy atom. The Labute approximate surface area is 227 Å². The molecule has 0 aliphatic carbocycles. The number of para-hydroxylation sites is 1. The van der Waals surface area contributed by atoms with Crippen molar-refractivity contribution in [3.8, 4) is 16.9 Å². The van der Waals surface area contributed by atoms with Crippen LogP contribution in [-0.4, -0.2) is 40.6 Å². The first-order valence-corrected chi connectivity index (χ1v) is 13.2. The van der Waals surface area contributed by atoms with Crippen molar-refractivity contribution < 1.29 is 19.1 Å². The minimum absolute atomic E-state index is 0.204. The predicted molar refractivity (Wildman–Crippen MR) is 152 cm³/mol. The Hall–Kier alpha value is -4.52. The molecule has 0 spiro atoms. The van der Waals surface area contributed by atoms with Crippen LogP contribution in [0.15, 0.2) is 95.3 Å². The summed E-state index contributed by atoms with van der Waals surface area (Å²) in [6, 6.07) is 24.0. The predicted octanol–water partition coefficient (Wildman–Crippen LogP) is 6.27. The molecule has 198 valence electrons. The molecule has 0 bridgehead atoms. The van der Waals surface area contributed by atoms with Crippen molar-refractivity contribution >= 4 is 28.4 Å². The van der Waals surface area contributed by atoms with Crippen LogP contribution < -0.4 is 0 Å². The monoisotopic (exact) mass is 521 g/mol. The average molecular weight is 522 g/mol. The maximum absolute atomic E-state index is 13.4. The van der Waals surface area contributed by atoms with Crippen molar-refractivity contribution in [3.05, 3.63) is 95.8 Å². The van der Waals surface area contributed by atoms with Crippen LogP contribution in [0.4, 0.5) is 0 Å². The van der Waals surface area contributed by atoms with Gasteiger partial charge in [0, 0.05) is 34.7 Å². The van der Waals surface area contributed by atoms with Crippen molar-refractivity contribution in [1.82, 2.24) is 9.78 Å². The van der Waals surface area contributed by atoms with Gasteiger partial charge in [0.05, 0.1) is 30.2 Å². The van der Waals surface area contributed by atoms with Crippen molar-refractivity contribution in [2.75, 3.05) is 13.2 Å². The number of nitrogens with zero attached hydrogens (tertiary/aromatic N) is 3. The molecule has 0 radical (unpaired) electrons. The largest absolute Gasteiger partial charge is 0.465 e.